The second kappa shape index (κ2) is 83.8. The van der Waals surface area contributed by atoms with Gasteiger partial charge in [0.25, 0.3) is 6.47 Å². The van der Waals surface area contributed by atoms with E-state index in [1.54, 1.807) is 49.4 Å². The molecule has 132 heavy (non-hydrogen) atoms. The quantitative estimate of drug-likeness (QED) is 0.00536. The molecule has 4 aliphatic heterocycles. The molecule has 688 valence electrons. The van der Waals surface area contributed by atoms with Gasteiger partial charge in [-0.15, -0.1) is 0 Å². The molecule has 0 bridgehead atoms. The van der Waals surface area contributed by atoms with E-state index in [-0.39, 0.29) is 232 Å². The number of phenols is 1. The average molecular weight is 2430 g/mol. The molecule has 0 aromatic heterocycles. The Morgan fingerprint density at radius 2 is 1.03 bits per heavy atom. The number of alkyl halides is 1. The number of carbonyl (C=O) groups is 8. The van der Waals surface area contributed by atoms with E-state index >= 15 is 0 Å². The number of nitriles is 2. The maximum atomic E-state index is 11.8. The minimum atomic E-state index is -1.23. The number of rotatable bonds is 21. The van der Waals surface area contributed by atoms with Crippen LogP contribution in [-0.2, 0) is 107 Å². The molecule has 2 fully saturated rings. The molecule has 2 saturated heterocycles. The SMILES string of the molecule is C=CCOC(=O)/C(C#N)=C1/SCC(=O)N1CC(=O)O.C=CCOC(=O)/C(C#N)=C1/SCC(=O)N1CC(=O)OCC.CCCBr.CCCN=C=S.COc1ccc2c(c1)CCN2c1ccc(C)cc1.Cc1ccc(I)cc1.Cc1ccc(N2CCc3ccccc32)cc1.O=C=O.O=C=O.O=CO[O-].Oc1ccc(I)cc1.[2H][B].[C-]#[N+]CC(=O)OCC=C.[H-].[K+].[K+].[U].c1ccc2c(c1)CCC2. The van der Waals surface area contributed by atoms with Crippen LogP contribution in [0.1, 0.15) is 80.4 Å². The second-order valence-electron chi connectivity index (χ2n) is 25.4. The number of aryl methyl sites for hydroxylation is 5. The van der Waals surface area contributed by atoms with Gasteiger partial charge in [0.05, 0.1) is 30.4 Å². The Kier molecular flexibility index (Phi) is 82.8. The van der Waals surface area contributed by atoms with E-state index in [9.17, 15) is 33.6 Å². The van der Waals surface area contributed by atoms with Gasteiger partial charge in [0, 0.05) is 94.3 Å². The first-order chi connectivity index (χ1) is 62.6. The van der Waals surface area contributed by atoms with Crippen LogP contribution < -0.4 is 123 Å². The van der Waals surface area contributed by atoms with Gasteiger partial charge in [0.1, 0.15) is 66.6 Å². The number of carboxylic acid groups (broad SMARTS) is 1. The minimum absolute atomic E-state index is 0. The van der Waals surface area contributed by atoms with Gasteiger partial charge < -0.3 is 60.1 Å². The number of hydrogen-bond donors (Lipinski definition) is 2. The third-order valence-electron chi connectivity index (χ3n) is 16.2. The van der Waals surface area contributed by atoms with E-state index in [4.69, 9.17) is 76.8 Å². The first-order valence-electron chi connectivity index (χ1n) is 39.3. The predicted molar refractivity (Wildman–Crippen MR) is 519 cm³/mol. The molecule has 2 radical (unpaired) electrons. The van der Waals surface area contributed by atoms with Crippen molar-refractivity contribution in [3.63, 3.8) is 0 Å². The standard InChI is InChI=1S/C16H17NO.C15H15N.C13H14N2O5S.C11H10N2O5S.C9H10.C7H7I.C6H5IO.C6H7NO2.C4H7NS.C3H7Br.CH2O3.2CO2.BH.2K.U.H/c1-12-3-5-14(6-4-12)17-10-9-13-11-15(18-2)7-8-16(13)17;1-12-6-8-14(9-7-12)16-11-10-13-4-2-3-5-15(13)16;1-3-5-20-13(18)9(6-14)12-15(10(16)8-21-12)7-11(17)19-4-2;1-2-3-18-11(17)7(4-12)10-13(5-9(15)16)8(14)6-19-10;1-2-5-9-7-3-6-8(9)4-1;1-6-2-4-7(8)5-3-6;7-5-1-3-6(8)4-2-5;1-3-4-9-6(8)5-7-2;1-2-3-5-4-6;1-2-3-4;2-1-4-3;2*2-1-3;;;;;/h3-8,11H,9-10H2,1-2H3;2-9H,10-11H2,1H3;3H,1,4-5,7-8H2,2H3;2H,1,3,5-6H2,(H,15,16);1-2,4-5H,3,6-7H2;2-5H,1H3;1-4,8H;3H,1,4-5H2;2-3H2,1H3;2-3H2,1H3;1,3H;;;1H;;;;/q;;;;;;;;;;;;;;2*+1;;-1/p-1/b;;12-9+;10-7+;;;;;;;;;;;;;;/i;;;;;;;;;;;;;1D;;;;. The maximum absolute atomic E-state index is 11.8. The number of carbonyl (C=O) groups excluding carboxylic acids is 11. The van der Waals surface area contributed by atoms with Crippen molar-refractivity contribution in [1.82, 2.24) is 9.80 Å². The number of anilines is 4. The van der Waals surface area contributed by atoms with E-state index < -0.39 is 42.3 Å². The molecule has 5 aliphatic rings. The molecule has 2 amide bonds. The predicted octanol–water partition coefficient (Wildman–Crippen LogP) is 9.52. The zero-order chi connectivity index (χ0) is 98.0. The topological polar surface area (TPSA) is 401 Å². The Labute approximate surface area is 934 Å². The molecule has 7 aromatic carbocycles. The molecule has 0 unspecified atom stereocenters. The van der Waals surface area contributed by atoms with Gasteiger partial charge in [-0.05, 0) is 239 Å². The molecule has 2 N–H and O–H groups in total. The zero-order valence-corrected chi connectivity index (χ0v) is 93.6. The van der Waals surface area contributed by atoms with Gasteiger partial charge in [0.15, 0.2) is 11.1 Å². The number of methoxy groups -OCH3 is 1. The van der Waals surface area contributed by atoms with Gasteiger partial charge in [-0.25, -0.2) is 25.9 Å². The monoisotopic (exact) mass is 2420 g/mol. The third-order valence-corrected chi connectivity index (χ3v) is 20.7. The van der Waals surface area contributed by atoms with E-state index in [0.29, 0.717) is 5.75 Å². The first-order valence-corrected chi connectivity index (χ1v) is 44.4. The number of nitrogens with zero attached hydrogens (tertiary/aromatic N) is 8. The summed E-state index contributed by atoms with van der Waals surface area (Å²) in [7, 11) is 5.47. The summed E-state index contributed by atoms with van der Waals surface area (Å²) in [5, 5.41) is 47.5. The van der Waals surface area contributed by atoms with Crippen LogP contribution in [0.3, 0.4) is 0 Å². The minimum Gasteiger partial charge on any atom is -1.00 e. The Hall–Kier alpha value is -7.78. The summed E-state index contributed by atoms with van der Waals surface area (Å²) >= 11 is 14.0. The van der Waals surface area contributed by atoms with E-state index in [1.165, 1.54) is 98.0 Å². The number of esters is 4. The van der Waals surface area contributed by atoms with E-state index in [2.05, 4.69) is 304 Å². The van der Waals surface area contributed by atoms with Crippen molar-refractivity contribution in [2.75, 3.05) is 99.4 Å². The molecule has 0 atom stereocenters. The number of aromatic hydroxyl groups is 1. The molecule has 0 spiro atoms. The number of thiocarbonyl (C=S) groups is 1. The number of ether oxygens (including phenoxy) is 5. The first kappa shape index (κ1) is 130. The Balaban J connectivity index is -0.000000343. The number of amides is 2. The number of halogens is 3. The summed E-state index contributed by atoms with van der Waals surface area (Å²) in [6.45, 7) is 30.4. The number of carboxylic acids is 1. The zero-order valence-electron chi connectivity index (χ0n) is 76.8. The number of hydrogen-bond acceptors (Lipinski definition) is 28. The molecule has 4 heterocycles. The van der Waals surface area contributed by atoms with Crippen LogP contribution in [0.25, 0.3) is 4.85 Å². The largest absolute Gasteiger partial charge is 1.00 e. The van der Waals surface area contributed by atoms with Gasteiger partial charge in [-0.3, -0.25) is 33.8 Å². The second-order valence-corrected chi connectivity index (χ2v) is 30.8. The van der Waals surface area contributed by atoms with Crippen molar-refractivity contribution in [2.24, 2.45) is 4.99 Å². The Morgan fingerprint density at radius 1 is 0.636 bits per heavy atom. The smallest absolute Gasteiger partial charge is 1.00 e. The van der Waals surface area contributed by atoms with Crippen molar-refractivity contribution >= 4 is 194 Å². The number of aliphatic carboxylic acids is 1. The van der Waals surface area contributed by atoms with Gasteiger partial charge in [-0.1, -0.05) is 187 Å². The van der Waals surface area contributed by atoms with Crippen LogP contribution in [-0.4, -0.2) is 185 Å². The van der Waals surface area contributed by atoms with Crippen LogP contribution in [0, 0.1) is 88.3 Å². The van der Waals surface area contributed by atoms with Gasteiger partial charge >= 0.3 is 151 Å². The summed E-state index contributed by atoms with van der Waals surface area (Å²) in [4.78, 5) is 136. The van der Waals surface area contributed by atoms with Crippen LogP contribution in [0.15, 0.2) is 228 Å². The molecule has 12 rings (SSSR count). The van der Waals surface area contributed by atoms with Crippen molar-refractivity contribution < 1.29 is 237 Å². The van der Waals surface area contributed by atoms with Crippen LogP contribution in [0.4, 0.5) is 22.7 Å². The normalized spacial score (nSPS) is 12.1. The fraction of sp³-hybridized carbons (Fsp3) is 0.290. The summed E-state index contributed by atoms with van der Waals surface area (Å²) in [6, 6.07) is 60.1. The van der Waals surface area contributed by atoms with Crippen LogP contribution in [0.2, 0.25) is 0 Å². The number of thioether (sulfide) groups is 2. The number of phenolic OH excluding ortho intramolecular Hbond substituents is 1. The number of aliphatic imine (C=N–C) groups is 1. The molecule has 0 saturated carbocycles. The van der Waals surface area contributed by atoms with Gasteiger partial charge in [0.2, 0.25) is 11.8 Å². The Bertz CT molecular complexity index is 4910. The molecular weight excluding hydrogens is 2320 g/mol. The molecule has 1 aliphatic carbocycles. The third kappa shape index (κ3) is 56.5. The van der Waals surface area contributed by atoms with Crippen molar-refractivity contribution in [1.29, 1.82) is 11.9 Å². The summed E-state index contributed by atoms with van der Waals surface area (Å²) in [5.41, 5.74) is 14.5. The summed E-state index contributed by atoms with van der Waals surface area (Å²) < 4.78 is 31.7. The molecule has 29 nitrogen and oxygen atoms in total. The number of para-hydroxylation sites is 1. The van der Waals surface area contributed by atoms with Crippen molar-refractivity contribution in [3.05, 3.63) is 280 Å². The number of isothiocyanates is 1. The molecule has 7 aromatic rings. The molecule has 39 heteroatoms. The summed E-state index contributed by atoms with van der Waals surface area (Å²) in [5.74, 6) is -3.63. The van der Waals surface area contributed by atoms with Gasteiger partial charge in [-0.2, -0.15) is 29.7 Å². The van der Waals surface area contributed by atoms with Crippen molar-refractivity contribution in [3.8, 4) is 23.6 Å². The fourth-order valence-corrected chi connectivity index (χ4v) is 13.3. The van der Waals surface area contributed by atoms with Crippen molar-refractivity contribution in [2.45, 2.75) is 86.5 Å². The average Bonchev–Trinajstić information content (AvgIpc) is 1.69. The Morgan fingerprint density at radius 3 is 1.39 bits per heavy atom. The number of fused-ring (bicyclic) bond motifs is 3. The van der Waals surface area contributed by atoms with Crippen LogP contribution >= 0.6 is 96.9 Å². The van der Waals surface area contributed by atoms with E-state index in [0.717, 1.165) is 86.9 Å². The van der Waals surface area contributed by atoms with Crippen LogP contribution in [0.5, 0.6) is 11.5 Å². The summed E-state index contributed by atoms with van der Waals surface area (Å²) in [6.07, 6.45) is 13.2. The van der Waals surface area contributed by atoms with E-state index in [1.807, 2.05) is 18.2 Å². The maximum Gasteiger partial charge on any atom is 1.00 e. The fourth-order valence-electron chi connectivity index (χ4n) is 10.5. The number of benzene rings is 7. The molecular formula is C93H102BBrI2K2N8O21S3U.